The molecule has 3 saturated heterocycles. The number of hydrogen-bond donors (Lipinski definition) is 4. The number of nitrogens with one attached hydrogen (secondary N) is 1. The first kappa shape index (κ1) is 42.6. The number of aromatic nitrogens is 6. The van der Waals surface area contributed by atoms with Gasteiger partial charge in [-0.2, -0.15) is 0 Å². The molecule has 3 fully saturated rings. The Kier molecular flexibility index (Phi) is 14.6. The Bertz CT molecular complexity index is 2030. The zero-order chi connectivity index (χ0) is 39.9. The first-order valence-electron chi connectivity index (χ1n) is 17.1. The van der Waals surface area contributed by atoms with Gasteiger partial charge >= 0.3 is 20.3 Å². The number of anilines is 1. The molecule has 23 nitrogen and oxygen atoms in total. The molecule has 2 unspecified atom stereocenters. The number of aliphatic hydroxyl groups excluding tert-OH is 1. The summed E-state index contributed by atoms with van der Waals surface area (Å²) >= 11 is 0.419. The zero-order valence-corrected chi connectivity index (χ0v) is 32.0. The number of carbonyl (C=O) groups is 1. The van der Waals surface area contributed by atoms with E-state index in [0.717, 1.165) is 12.3 Å². The quantitative estimate of drug-likeness (QED) is 0.111. The van der Waals surface area contributed by atoms with Gasteiger partial charge in [0.1, 0.15) is 49.1 Å². The number of nitrogens with zero attached hydrogens (tertiary/aromatic N) is 5. The number of carbonyl (C=O) groups excluding carboxylic acids is 1. The fourth-order valence-corrected chi connectivity index (χ4v) is 10.00. The van der Waals surface area contributed by atoms with Crippen LogP contribution in [0.3, 0.4) is 0 Å². The number of Topliss-reactive ketones (excluding diaryl/α,β-unsaturated/α-hetero) is 1. The van der Waals surface area contributed by atoms with Crippen molar-refractivity contribution in [2.45, 2.75) is 55.9 Å². The van der Waals surface area contributed by atoms with Crippen LogP contribution < -0.4 is 17.0 Å². The maximum Gasteiger partial charge on any atom is 0.472 e. The molecule has 0 amide bonds. The van der Waals surface area contributed by atoms with Crippen LogP contribution in [0.15, 0.2) is 34.5 Å². The Morgan fingerprint density at radius 3 is 2.52 bits per heavy atom. The van der Waals surface area contributed by atoms with Crippen LogP contribution in [0.4, 0.5) is 10.2 Å². The van der Waals surface area contributed by atoms with Crippen LogP contribution in [0, 0.1) is 0 Å². The van der Waals surface area contributed by atoms with Crippen molar-refractivity contribution in [3.8, 4) is 0 Å². The molecule has 3 aromatic heterocycles. The van der Waals surface area contributed by atoms with E-state index in [4.69, 9.17) is 52.6 Å². The number of imidazole rings is 1. The Balaban J connectivity index is 1.17. The van der Waals surface area contributed by atoms with E-state index in [1.165, 1.54) is 17.2 Å². The molecule has 3 aliphatic rings. The molecule has 9 atom stereocenters. The number of rotatable bonds is 16. The minimum Gasteiger partial charge on any atom is -0.396 e. The molecule has 56 heavy (non-hydrogen) atoms. The van der Waals surface area contributed by atoms with Gasteiger partial charge in [0.25, 0.3) is 5.56 Å². The molecule has 310 valence electrons. The Labute approximate surface area is 320 Å². The predicted molar refractivity (Wildman–Crippen MR) is 189 cm³/mol. The maximum absolute atomic E-state index is 16.2. The molecular formula is C29H40FN7O16P2S. The van der Waals surface area contributed by atoms with Gasteiger partial charge in [0.2, 0.25) is 0 Å². The molecule has 0 spiro atoms. The van der Waals surface area contributed by atoms with E-state index in [1.54, 1.807) is 0 Å². The number of ketones is 1. The lowest BCUT2D eigenvalue weighted by Gasteiger charge is -2.28. The Morgan fingerprint density at radius 1 is 1.00 bits per heavy atom. The highest BCUT2D eigenvalue weighted by Crippen LogP contribution is 2.64. The van der Waals surface area contributed by atoms with Gasteiger partial charge in [0.05, 0.1) is 51.7 Å². The van der Waals surface area contributed by atoms with Crippen LogP contribution in [0.2, 0.25) is 0 Å². The van der Waals surface area contributed by atoms with Crippen LogP contribution in [0.1, 0.15) is 25.3 Å². The summed E-state index contributed by atoms with van der Waals surface area (Å²) in [6.45, 7) is -5.29. The average molecular weight is 856 g/mol. The van der Waals surface area contributed by atoms with Gasteiger partial charge in [-0.25, -0.2) is 33.3 Å². The van der Waals surface area contributed by atoms with E-state index in [0.29, 0.717) is 35.6 Å². The third kappa shape index (κ3) is 10.7. The van der Waals surface area contributed by atoms with Crippen LogP contribution in [0.25, 0.3) is 11.2 Å². The van der Waals surface area contributed by atoms with Crippen LogP contribution in [-0.4, -0.2) is 141 Å². The number of nitrogens with two attached hydrogens (primary N) is 1. The Morgan fingerprint density at radius 2 is 1.75 bits per heavy atom. The van der Waals surface area contributed by atoms with Crippen LogP contribution in [0.5, 0.6) is 0 Å². The number of phosphoric ester groups is 1. The van der Waals surface area contributed by atoms with Crippen molar-refractivity contribution in [2.75, 3.05) is 70.9 Å². The van der Waals surface area contributed by atoms with Gasteiger partial charge < -0.3 is 39.4 Å². The monoisotopic (exact) mass is 855 g/mol. The van der Waals surface area contributed by atoms with Crippen molar-refractivity contribution in [3.05, 3.63) is 45.8 Å². The zero-order valence-electron chi connectivity index (χ0n) is 29.4. The van der Waals surface area contributed by atoms with E-state index >= 15 is 4.39 Å². The lowest BCUT2D eigenvalue weighted by Crippen LogP contribution is -2.37. The first-order valence-corrected chi connectivity index (χ1v) is 21.8. The normalized spacial score (nSPS) is 31.1. The fourth-order valence-electron chi connectivity index (χ4n) is 5.78. The molecule has 0 aliphatic carbocycles. The highest BCUT2D eigenvalue weighted by atomic mass is 32.7. The topological polar surface area (TPSA) is 299 Å². The first-order chi connectivity index (χ1) is 26.9. The number of fused-ring (bicyclic) bond motifs is 3. The van der Waals surface area contributed by atoms with Gasteiger partial charge in [0, 0.05) is 31.9 Å². The van der Waals surface area contributed by atoms with Crippen LogP contribution >= 0.6 is 26.0 Å². The SMILES string of the molecule is Nc1ncnc2c1ncn2[C@H]1C[C@@H]2OP(=O)(O)OC[C@H]3O[C@@H](n4ccc(=O)[nH]c4=O)[C@H](F)[C@@H]3OP(=O)(SCC(=O)COCCOCCOCCCO)OC[C@H]2O1. The lowest BCUT2D eigenvalue weighted by molar-refractivity contribution is -0.121. The van der Waals surface area contributed by atoms with Crippen molar-refractivity contribution in [1.82, 2.24) is 29.1 Å². The third-order valence-electron chi connectivity index (χ3n) is 8.43. The molecule has 3 aromatic rings. The molecular weight excluding hydrogens is 815 g/mol. The summed E-state index contributed by atoms with van der Waals surface area (Å²) in [6, 6.07) is 0.940. The van der Waals surface area contributed by atoms with E-state index in [2.05, 4.69) is 15.0 Å². The van der Waals surface area contributed by atoms with Gasteiger partial charge in [-0.15, -0.1) is 0 Å². The highest BCUT2D eigenvalue weighted by molar-refractivity contribution is 8.55. The fraction of sp³-hybridized carbons (Fsp3) is 0.655. The summed E-state index contributed by atoms with van der Waals surface area (Å²) in [5.74, 6) is -0.939. The molecule has 0 aromatic carbocycles. The average Bonchev–Trinajstić information content (AvgIpc) is 3.85. The number of aromatic amines is 1. The van der Waals surface area contributed by atoms with E-state index in [9.17, 15) is 28.4 Å². The number of aliphatic hydroxyl groups is 1. The molecule has 27 heteroatoms. The van der Waals surface area contributed by atoms with Crippen molar-refractivity contribution in [1.29, 1.82) is 0 Å². The second-order valence-electron chi connectivity index (χ2n) is 12.4. The number of halogens is 1. The number of nitrogen functional groups attached to an aromatic ring is 1. The molecule has 0 bridgehead atoms. The van der Waals surface area contributed by atoms with Gasteiger partial charge in [-0.05, 0) is 17.8 Å². The second kappa shape index (κ2) is 19.2. The highest BCUT2D eigenvalue weighted by Gasteiger charge is 2.53. The molecule has 3 aliphatic heterocycles. The van der Waals surface area contributed by atoms with Crippen LogP contribution in [-0.2, 0) is 55.7 Å². The summed E-state index contributed by atoms with van der Waals surface area (Å²) in [7, 11) is -4.97. The van der Waals surface area contributed by atoms with Gasteiger partial charge in [-0.3, -0.25) is 41.8 Å². The smallest absolute Gasteiger partial charge is 0.396 e. The molecule has 0 saturated carbocycles. The van der Waals surface area contributed by atoms with Crippen molar-refractivity contribution in [3.63, 3.8) is 0 Å². The number of ether oxygens (including phenoxy) is 5. The number of hydrogen-bond acceptors (Lipinski definition) is 20. The van der Waals surface area contributed by atoms with Crippen molar-refractivity contribution in [2.24, 2.45) is 0 Å². The lowest BCUT2D eigenvalue weighted by atomic mass is 10.1. The van der Waals surface area contributed by atoms with E-state index < -0.39 is 100 Å². The third-order valence-corrected chi connectivity index (χ3v) is 13.1. The van der Waals surface area contributed by atoms with Gasteiger partial charge in [-0.1, -0.05) is 0 Å². The minimum absolute atomic E-state index is 0.0219. The van der Waals surface area contributed by atoms with Gasteiger partial charge in [0.15, 0.2) is 29.6 Å². The largest absolute Gasteiger partial charge is 0.472 e. The van der Waals surface area contributed by atoms with Crippen molar-refractivity contribution < 1.29 is 70.1 Å². The predicted octanol–water partition coefficient (Wildman–Crippen LogP) is 0.242. The molecule has 6 rings (SSSR count). The summed E-state index contributed by atoms with van der Waals surface area (Å²) in [5, 5.41) is 8.77. The van der Waals surface area contributed by atoms with E-state index in [-0.39, 0.29) is 49.8 Å². The second-order valence-corrected chi connectivity index (χ2v) is 17.8. The summed E-state index contributed by atoms with van der Waals surface area (Å²) < 4.78 is 96.2. The maximum atomic E-state index is 16.2. The molecule has 0 radical (unpaired) electrons. The van der Waals surface area contributed by atoms with E-state index in [1.807, 2.05) is 4.98 Å². The Hall–Kier alpha value is -3.00. The number of H-pyrrole nitrogens is 1. The standard InChI is InChI=1S/C29H40FN7O16P2S/c30-23-25-20(51-28(23)36-3-2-21(40)35-29(36)41)13-48-54(42,43)52-18-10-22(37-16-34-24-26(31)32-15-33-27(24)37)50-19(18)12-49-55(44,53-25)56-14-17(39)11-47-9-8-46-7-6-45-5-1-4-38/h2-3,15-16,18-20,22-23,25,28,38H,1,4-14H2,(H,42,43)(H2,31,32,33)(H,35,40,41)/t18-,19+,20+,22+,23+,25+,28+,55?/m0/s1. The molecule has 6 heterocycles. The summed E-state index contributed by atoms with van der Waals surface area (Å²) in [4.78, 5) is 62.0. The number of phosphoric acid groups is 1. The minimum atomic E-state index is -4.97. The van der Waals surface area contributed by atoms with Crippen molar-refractivity contribution >= 4 is 48.8 Å². The summed E-state index contributed by atoms with van der Waals surface area (Å²) in [6.07, 6.45) is -6.98. The molecule has 5 N–H and O–H groups in total. The number of alkyl halides is 1. The summed E-state index contributed by atoms with van der Waals surface area (Å²) in [5.41, 5.74) is 4.64.